The Hall–Kier alpha value is -2.20. The minimum Gasteiger partial charge on any atom is -0.461 e. The molecule has 2 aromatic rings. The lowest BCUT2D eigenvalue weighted by Gasteiger charge is -2.41. The van der Waals surface area contributed by atoms with Crippen LogP contribution in [0.1, 0.15) is 59.3 Å². The molecule has 0 saturated carbocycles. The summed E-state index contributed by atoms with van der Waals surface area (Å²) in [5, 5.41) is 0. The van der Waals surface area contributed by atoms with Crippen LogP contribution in [0.4, 0.5) is 10.6 Å². The Labute approximate surface area is 204 Å². The molecule has 0 aliphatic carbocycles. The highest BCUT2D eigenvalue weighted by molar-refractivity contribution is 7.16. The second kappa shape index (κ2) is 8.19. The van der Waals surface area contributed by atoms with Gasteiger partial charge in [0.15, 0.2) is 10.6 Å². The Morgan fingerprint density at radius 3 is 2.53 bits per heavy atom. The molecule has 2 unspecified atom stereocenters. The summed E-state index contributed by atoms with van der Waals surface area (Å²) in [6.07, 6.45) is 6.63. The van der Waals surface area contributed by atoms with E-state index in [1.165, 1.54) is 50.1 Å². The molecule has 4 fully saturated rings. The normalized spacial score (nSPS) is 26.3. The van der Waals surface area contributed by atoms with Crippen molar-refractivity contribution < 1.29 is 14.3 Å². The fraction of sp³-hybridized carbons (Fsp3) is 0.750. The van der Waals surface area contributed by atoms with Crippen LogP contribution in [0.15, 0.2) is 5.51 Å². The quantitative estimate of drug-likeness (QED) is 0.647. The van der Waals surface area contributed by atoms with E-state index in [-0.39, 0.29) is 23.7 Å². The van der Waals surface area contributed by atoms with Crippen molar-refractivity contribution in [2.45, 2.75) is 82.5 Å². The molecule has 184 valence electrons. The fourth-order valence-corrected chi connectivity index (χ4v) is 7.01. The molecule has 2 atom stereocenters. The average Bonchev–Trinajstić information content (AvgIpc) is 3.52. The van der Waals surface area contributed by atoms with Crippen molar-refractivity contribution in [2.24, 2.45) is 0 Å². The van der Waals surface area contributed by atoms with Crippen LogP contribution in [0.25, 0.3) is 10.3 Å². The molecule has 10 heteroatoms. The second-order valence-electron chi connectivity index (χ2n) is 11.2. The first-order chi connectivity index (χ1) is 16.3. The van der Waals surface area contributed by atoms with E-state index in [1.807, 2.05) is 31.2 Å². The number of anilines is 1. The Kier molecular flexibility index (Phi) is 5.36. The Bertz CT molecular complexity index is 1060. The van der Waals surface area contributed by atoms with E-state index in [2.05, 4.69) is 14.8 Å². The van der Waals surface area contributed by atoms with Crippen molar-refractivity contribution in [1.29, 1.82) is 0 Å². The number of hydrogen-bond donors (Lipinski definition) is 0. The summed E-state index contributed by atoms with van der Waals surface area (Å²) in [6.45, 7) is 10.2. The molecule has 1 amide bonds. The van der Waals surface area contributed by atoms with Crippen LogP contribution >= 0.6 is 11.3 Å². The first-order valence-corrected chi connectivity index (χ1v) is 13.4. The van der Waals surface area contributed by atoms with E-state index >= 15 is 0 Å². The molecular weight excluding hydrogens is 452 g/mol. The van der Waals surface area contributed by atoms with Crippen LogP contribution in [-0.4, -0.2) is 86.9 Å². The smallest absolute Gasteiger partial charge is 0.410 e. The molecule has 2 aromatic heterocycles. The van der Waals surface area contributed by atoms with Gasteiger partial charge in [0.1, 0.15) is 17.7 Å². The number of piperazine rings is 1. The van der Waals surface area contributed by atoms with Crippen LogP contribution in [0.2, 0.25) is 0 Å². The van der Waals surface area contributed by atoms with Crippen LogP contribution < -0.4 is 9.64 Å². The minimum absolute atomic E-state index is 0.117. The summed E-state index contributed by atoms with van der Waals surface area (Å²) >= 11 is 1.52. The predicted molar refractivity (Wildman–Crippen MR) is 131 cm³/mol. The van der Waals surface area contributed by atoms with E-state index in [9.17, 15) is 4.79 Å². The third kappa shape index (κ3) is 3.88. The molecule has 4 aliphatic heterocycles. The van der Waals surface area contributed by atoms with Crippen molar-refractivity contribution in [1.82, 2.24) is 24.8 Å². The van der Waals surface area contributed by atoms with Crippen molar-refractivity contribution in [3.05, 3.63) is 5.51 Å². The van der Waals surface area contributed by atoms with Crippen molar-refractivity contribution in [3.63, 3.8) is 0 Å². The molecule has 4 saturated heterocycles. The summed E-state index contributed by atoms with van der Waals surface area (Å²) in [5.74, 6) is 0.828. The summed E-state index contributed by atoms with van der Waals surface area (Å²) in [7, 11) is 0. The van der Waals surface area contributed by atoms with Gasteiger partial charge >= 0.3 is 12.1 Å². The maximum Gasteiger partial charge on any atom is 0.410 e. The Balaban J connectivity index is 1.22. The van der Waals surface area contributed by atoms with Gasteiger partial charge in [0.2, 0.25) is 0 Å². The number of thiazole rings is 1. The minimum atomic E-state index is -0.493. The SMILES string of the molecule is CC(C)(C)OC(=O)N1C2CCC1CN(c1nc(OCC34CCCN3CCC4)nc3scnc13)C2. The lowest BCUT2D eigenvalue weighted by Crippen LogP contribution is -2.57. The molecular formula is C24H34N6O3S. The van der Waals surface area contributed by atoms with Gasteiger partial charge in [-0.25, -0.2) is 9.78 Å². The van der Waals surface area contributed by atoms with E-state index < -0.39 is 5.60 Å². The highest BCUT2D eigenvalue weighted by atomic mass is 32.1. The van der Waals surface area contributed by atoms with E-state index in [0.29, 0.717) is 12.6 Å². The predicted octanol–water partition coefficient (Wildman–Crippen LogP) is 3.68. The summed E-state index contributed by atoms with van der Waals surface area (Å²) < 4.78 is 12.0. The number of fused-ring (bicyclic) bond motifs is 4. The number of ether oxygens (including phenoxy) is 2. The third-order valence-electron chi connectivity index (χ3n) is 7.83. The molecule has 0 spiro atoms. The zero-order valence-electron chi connectivity index (χ0n) is 20.3. The third-order valence-corrected chi connectivity index (χ3v) is 8.55. The lowest BCUT2D eigenvalue weighted by molar-refractivity contribution is 0.0122. The van der Waals surface area contributed by atoms with Crippen molar-refractivity contribution >= 4 is 33.6 Å². The molecule has 6 rings (SSSR count). The maximum absolute atomic E-state index is 12.9. The Morgan fingerprint density at radius 2 is 1.85 bits per heavy atom. The van der Waals surface area contributed by atoms with Gasteiger partial charge in [-0.1, -0.05) is 0 Å². The van der Waals surface area contributed by atoms with E-state index in [0.717, 1.165) is 42.1 Å². The topological polar surface area (TPSA) is 83.9 Å². The van der Waals surface area contributed by atoms with E-state index in [1.54, 1.807) is 0 Å². The number of amides is 1. The molecule has 6 heterocycles. The van der Waals surface area contributed by atoms with Gasteiger partial charge in [-0.3, -0.25) is 9.80 Å². The molecule has 0 aromatic carbocycles. The first-order valence-electron chi connectivity index (χ1n) is 12.6. The van der Waals surface area contributed by atoms with Gasteiger partial charge in [-0.15, -0.1) is 11.3 Å². The number of rotatable bonds is 4. The van der Waals surface area contributed by atoms with Crippen molar-refractivity contribution in [3.8, 4) is 6.01 Å². The molecule has 4 aliphatic rings. The zero-order chi connectivity index (χ0) is 23.5. The van der Waals surface area contributed by atoms with Gasteiger partial charge in [-0.05, 0) is 72.4 Å². The maximum atomic E-state index is 12.9. The summed E-state index contributed by atoms with van der Waals surface area (Å²) in [6, 6.07) is 0.680. The number of hydrogen-bond acceptors (Lipinski definition) is 9. The molecule has 0 N–H and O–H groups in total. The average molecular weight is 487 g/mol. The van der Waals surface area contributed by atoms with E-state index in [4.69, 9.17) is 19.4 Å². The van der Waals surface area contributed by atoms with Gasteiger partial charge in [0.25, 0.3) is 0 Å². The van der Waals surface area contributed by atoms with Gasteiger partial charge in [0, 0.05) is 13.1 Å². The second-order valence-corrected chi connectivity index (χ2v) is 12.1. The summed E-state index contributed by atoms with van der Waals surface area (Å²) in [5.41, 5.74) is 2.31. The van der Waals surface area contributed by atoms with Gasteiger partial charge < -0.3 is 14.4 Å². The molecule has 0 radical (unpaired) electrons. The van der Waals surface area contributed by atoms with Gasteiger partial charge in [-0.2, -0.15) is 9.97 Å². The molecule has 2 bridgehead atoms. The van der Waals surface area contributed by atoms with Crippen molar-refractivity contribution in [2.75, 3.05) is 37.7 Å². The number of carbonyl (C=O) groups excluding carboxylic acids is 1. The highest BCUT2D eigenvalue weighted by Gasteiger charge is 2.46. The van der Waals surface area contributed by atoms with Crippen LogP contribution in [0.5, 0.6) is 6.01 Å². The fourth-order valence-electron chi connectivity index (χ4n) is 6.36. The number of aromatic nitrogens is 3. The van der Waals surface area contributed by atoms with Crippen LogP contribution in [-0.2, 0) is 4.74 Å². The number of nitrogens with zero attached hydrogens (tertiary/aromatic N) is 6. The number of carbonyl (C=O) groups is 1. The lowest BCUT2D eigenvalue weighted by atomic mass is 9.95. The highest BCUT2D eigenvalue weighted by Crippen LogP contribution is 2.40. The molecule has 34 heavy (non-hydrogen) atoms. The Morgan fingerprint density at radius 1 is 1.15 bits per heavy atom. The van der Waals surface area contributed by atoms with Crippen LogP contribution in [0, 0.1) is 0 Å². The zero-order valence-corrected chi connectivity index (χ0v) is 21.1. The molecule has 9 nitrogen and oxygen atoms in total. The van der Waals surface area contributed by atoms with Gasteiger partial charge in [0.05, 0.1) is 23.1 Å². The standard InChI is InChI=1S/C24H34N6O3S/c1-23(2,3)33-22(31)30-16-6-7-17(30)13-28(12-16)19-18-20(34-15-25-18)27-21(26-19)32-14-24-8-4-10-29(24)11-5-9-24/h15-17H,4-14H2,1-3H3. The monoisotopic (exact) mass is 486 g/mol. The first kappa shape index (κ1) is 22.3. The summed E-state index contributed by atoms with van der Waals surface area (Å²) in [4.78, 5) is 34.7. The largest absolute Gasteiger partial charge is 0.461 e. The van der Waals surface area contributed by atoms with Crippen LogP contribution in [0.3, 0.4) is 0 Å².